The number of aromatic nitrogens is 2. The monoisotopic (exact) mass is 342 g/mol. The summed E-state index contributed by atoms with van der Waals surface area (Å²) in [6.45, 7) is 15.8. The zero-order chi connectivity index (χ0) is 18.4. The molecule has 0 unspecified atom stereocenters. The molecule has 0 aliphatic carbocycles. The highest BCUT2D eigenvalue weighted by atomic mass is 16.2. The fourth-order valence-electron chi connectivity index (χ4n) is 3.17. The van der Waals surface area contributed by atoms with E-state index in [1.54, 1.807) is 0 Å². The molecule has 0 saturated carbocycles. The predicted octanol–water partition coefficient (Wildman–Crippen LogP) is 3.33. The molecule has 0 atom stereocenters. The van der Waals surface area contributed by atoms with Gasteiger partial charge in [-0.05, 0) is 12.1 Å². The molecule has 0 spiro atoms. The second-order valence-electron chi connectivity index (χ2n) is 9.06. The molecule has 25 heavy (non-hydrogen) atoms. The smallest absolute Gasteiger partial charge is 0.228 e. The number of imidazole rings is 1. The summed E-state index contributed by atoms with van der Waals surface area (Å²) in [5.41, 5.74) is 3.01. The van der Waals surface area contributed by atoms with Crippen LogP contribution < -0.4 is 4.90 Å². The van der Waals surface area contributed by atoms with Crippen LogP contribution in [0.4, 0.5) is 5.69 Å². The van der Waals surface area contributed by atoms with Gasteiger partial charge in [0.05, 0.1) is 11.4 Å². The van der Waals surface area contributed by atoms with Crippen LogP contribution in [0.15, 0.2) is 24.5 Å². The molecule has 0 radical (unpaired) electrons. The van der Waals surface area contributed by atoms with Crippen molar-refractivity contribution in [3.8, 4) is 0 Å². The second-order valence-corrected chi connectivity index (χ2v) is 9.06. The van der Waals surface area contributed by atoms with Gasteiger partial charge in [-0.15, -0.1) is 0 Å². The minimum Gasteiger partial charge on any atom is -0.367 e. The molecule has 3 rings (SSSR count). The molecule has 5 nitrogen and oxygen atoms in total. The van der Waals surface area contributed by atoms with Gasteiger partial charge < -0.3 is 14.2 Å². The predicted molar refractivity (Wildman–Crippen MR) is 102 cm³/mol. The average Bonchev–Trinajstić information content (AvgIpc) is 2.97. The Morgan fingerprint density at radius 2 is 1.60 bits per heavy atom. The second kappa shape index (κ2) is 6.04. The number of carbonyl (C=O) groups is 1. The molecule has 5 heteroatoms. The van der Waals surface area contributed by atoms with Gasteiger partial charge in [0.1, 0.15) is 5.65 Å². The Kier molecular flexibility index (Phi) is 4.30. The first kappa shape index (κ1) is 17.8. The normalized spacial score (nSPS) is 16.6. The number of hydrogen-bond acceptors (Lipinski definition) is 3. The lowest BCUT2D eigenvalue weighted by atomic mass is 9.93. The largest absolute Gasteiger partial charge is 0.367 e. The first-order valence-electron chi connectivity index (χ1n) is 9.09. The summed E-state index contributed by atoms with van der Waals surface area (Å²) in [4.78, 5) is 21.5. The van der Waals surface area contributed by atoms with Crippen LogP contribution in [-0.4, -0.2) is 46.4 Å². The summed E-state index contributed by atoms with van der Waals surface area (Å²) in [7, 11) is 0. The third-order valence-corrected chi connectivity index (χ3v) is 4.78. The first-order valence-corrected chi connectivity index (χ1v) is 9.09. The van der Waals surface area contributed by atoms with Gasteiger partial charge in [-0.1, -0.05) is 41.5 Å². The molecule has 1 aliphatic rings. The van der Waals surface area contributed by atoms with Crippen molar-refractivity contribution < 1.29 is 4.79 Å². The molecule has 136 valence electrons. The van der Waals surface area contributed by atoms with Crippen molar-refractivity contribution in [2.75, 3.05) is 31.1 Å². The van der Waals surface area contributed by atoms with Crippen LogP contribution in [0.1, 0.15) is 47.2 Å². The van der Waals surface area contributed by atoms with Gasteiger partial charge in [-0.3, -0.25) is 4.79 Å². The van der Waals surface area contributed by atoms with E-state index in [1.165, 1.54) is 5.69 Å². The van der Waals surface area contributed by atoms with Gasteiger partial charge >= 0.3 is 0 Å². The Hall–Kier alpha value is -2.04. The number of pyridine rings is 1. The lowest BCUT2D eigenvalue weighted by Gasteiger charge is -2.38. The van der Waals surface area contributed by atoms with E-state index in [9.17, 15) is 4.79 Å². The summed E-state index contributed by atoms with van der Waals surface area (Å²) in [5, 5.41) is 0. The zero-order valence-corrected chi connectivity index (χ0v) is 16.3. The maximum Gasteiger partial charge on any atom is 0.228 e. The van der Waals surface area contributed by atoms with Crippen LogP contribution in [0.5, 0.6) is 0 Å². The fraction of sp³-hybridized carbons (Fsp3) is 0.600. The summed E-state index contributed by atoms with van der Waals surface area (Å²) in [6.07, 6.45) is 4.27. The Bertz CT molecular complexity index is 771. The summed E-state index contributed by atoms with van der Waals surface area (Å²) in [5.74, 6) is 0.243. The summed E-state index contributed by atoms with van der Waals surface area (Å²) in [6, 6.07) is 4.22. The number of piperazine rings is 1. The third-order valence-electron chi connectivity index (χ3n) is 4.78. The molecule has 1 saturated heterocycles. The van der Waals surface area contributed by atoms with Gasteiger partial charge in [0.15, 0.2) is 0 Å². The van der Waals surface area contributed by atoms with Crippen molar-refractivity contribution in [2.45, 2.75) is 47.0 Å². The van der Waals surface area contributed by atoms with E-state index in [4.69, 9.17) is 4.98 Å². The molecule has 0 aromatic carbocycles. The van der Waals surface area contributed by atoms with Crippen LogP contribution in [0.3, 0.4) is 0 Å². The molecule has 1 fully saturated rings. The SMILES string of the molecule is CC(C)(C)C(=O)N1CCN(c2ccc3nc(C(C)(C)C)cn3c2)CC1. The first-order chi connectivity index (χ1) is 11.6. The fourth-order valence-corrected chi connectivity index (χ4v) is 3.17. The van der Waals surface area contributed by atoms with Crippen molar-refractivity contribution in [3.63, 3.8) is 0 Å². The number of hydrogen-bond donors (Lipinski definition) is 0. The van der Waals surface area contributed by atoms with Gasteiger partial charge in [-0.25, -0.2) is 4.98 Å². The average molecular weight is 342 g/mol. The highest BCUT2D eigenvalue weighted by molar-refractivity contribution is 5.81. The van der Waals surface area contributed by atoms with E-state index >= 15 is 0 Å². The van der Waals surface area contributed by atoms with Crippen LogP contribution in [0, 0.1) is 5.41 Å². The Balaban J connectivity index is 1.74. The highest BCUT2D eigenvalue weighted by Crippen LogP contribution is 2.25. The topological polar surface area (TPSA) is 40.9 Å². The highest BCUT2D eigenvalue weighted by Gasteiger charge is 2.29. The minimum absolute atomic E-state index is 0.0468. The lowest BCUT2D eigenvalue weighted by Crippen LogP contribution is -2.51. The van der Waals surface area contributed by atoms with Crippen molar-refractivity contribution in [1.29, 1.82) is 0 Å². The molecule has 2 aromatic rings. The molecule has 0 bridgehead atoms. The van der Waals surface area contributed by atoms with Crippen molar-refractivity contribution in [1.82, 2.24) is 14.3 Å². The van der Waals surface area contributed by atoms with E-state index < -0.39 is 0 Å². The number of amides is 1. The molecule has 1 aliphatic heterocycles. The van der Waals surface area contributed by atoms with Crippen molar-refractivity contribution >= 4 is 17.2 Å². The molecule has 2 aromatic heterocycles. The number of rotatable bonds is 1. The molecular weight excluding hydrogens is 312 g/mol. The Labute approximate surface area is 150 Å². The van der Waals surface area contributed by atoms with Crippen LogP contribution in [0.2, 0.25) is 0 Å². The van der Waals surface area contributed by atoms with E-state index in [-0.39, 0.29) is 16.7 Å². The van der Waals surface area contributed by atoms with E-state index in [0.29, 0.717) is 0 Å². The standard InChI is InChI=1S/C20H30N4O/c1-19(2,3)16-14-24-13-15(7-8-17(24)21-16)22-9-11-23(12-10-22)18(25)20(4,5)6/h7-8,13-14H,9-12H2,1-6H3. The van der Waals surface area contributed by atoms with E-state index in [2.05, 4.69) is 54.6 Å². The maximum absolute atomic E-state index is 12.4. The molecule has 0 N–H and O–H groups in total. The van der Waals surface area contributed by atoms with Gasteiger partial charge in [-0.2, -0.15) is 0 Å². The van der Waals surface area contributed by atoms with E-state index in [0.717, 1.165) is 37.5 Å². The number of carbonyl (C=O) groups excluding carboxylic acids is 1. The van der Waals surface area contributed by atoms with Gasteiger partial charge in [0.2, 0.25) is 5.91 Å². The summed E-state index contributed by atoms with van der Waals surface area (Å²) < 4.78 is 2.11. The van der Waals surface area contributed by atoms with Crippen molar-refractivity contribution in [2.24, 2.45) is 5.41 Å². The quantitative estimate of drug-likeness (QED) is 0.798. The van der Waals surface area contributed by atoms with E-state index in [1.807, 2.05) is 25.7 Å². The molecule has 3 heterocycles. The van der Waals surface area contributed by atoms with Crippen molar-refractivity contribution in [3.05, 3.63) is 30.2 Å². The van der Waals surface area contributed by atoms with Crippen LogP contribution in [-0.2, 0) is 10.2 Å². The van der Waals surface area contributed by atoms with Crippen LogP contribution >= 0.6 is 0 Å². The zero-order valence-electron chi connectivity index (χ0n) is 16.3. The lowest BCUT2D eigenvalue weighted by molar-refractivity contribution is -0.139. The molecular formula is C20H30N4O. The number of nitrogens with zero attached hydrogens (tertiary/aromatic N) is 4. The van der Waals surface area contributed by atoms with Crippen LogP contribution in [0.25, 0.3) is 5.65 Å². The van der Waals surface area contributed by atoms with Gasteiger partial charge in [0.25, 0.3) is 0 Å². The summed E-state index contributed by atoms with van der Waals surface area (Å²) >= 11 is 0. The minimum atomic E-state index is -0.304. The number of fused-ring (bicyclic) bond motifs is 1. The molecule has 1 amide bonds. The number of anilines is 1. The van der Waals surface area contributed by atoms with Gasteiger partial charge in [0, 0.05) is 49.4 Å². The maximum atomic E-state index is 12.4. The third kappa shape index (κ3) is 3.65. The Morgan fingerprint density at radius 1 is 0.960 bits per heavy atom. The Morgan fingerprint density at radius 3 is 2.16 bits per heavy atom.